The first-order chi connectivity index (χ1) is 12.5. The van der Waals surface area contributed by atoms with Gasteiger partial charge in [0.15, 0.2) is 5.13 Å². The van der Waals surface area contributed by atoms with Gasteiger partial charge in [0, 0.05) is 30.0 Å². The summed E-state index contributed by atoms with van der Waals surface area (Å²) in [6.45, 7) is 1.88. The van der Waals surface area contributed by atoms with Gasteiger partial charge < -0.3 is 5.32 Å². The largest absolute Gasteiger partial charge is 0.352 e. The van der Waals surface area contributed by atoms with E-state index in [1.165, 1.54) is 30.4 Å². The summed E-state index contributed by atoms with van der Waals surface area (Å²) in [6, 6.07) is 13.0. The summed E-state index contributed by atoms with van der Waals surface area (Å²) in [6.07, 6.45) is 0. The topological polar surface area (TPSA) is 71.1 Å². The molecule has 0 bridgehead atoms. The van der Waals surface area contributed by atoms with Crippen molar-refractivity contribution < 1.29 is 14.0 Å². The number of nitrogens with one attached hydrogen (secondary N) is 2. The molecule has 7 heteroatoms. The summed E-state index contributed by atoms with van der Waals surface area (Å²) in [5, 5.41) is 7.73. The highest BCUT2D eigenvalue weighted by atomic mass is 32.1. The standard InChI is InChI=1S/C19H16FN3O2S/c1-12(24)21-10-13-2-4-15(5-3-13)18(25)23-19-22-17(11-26-19)14-6-8-16(20)9-7-14/h2-9,11H,10H2,1H3,(H,21,24)(H,22,23,25). The molecule has 0 fully saturated rings. The van der Waals surface area contributed by atoms with Crippen molar-refractivity contribution in [2.24, 2.45) is 0 Å². The number of thiazole rings is 1. The summed E-state index contributed by atoms with van der Waals surface area (Å²) >= 11 is 1.30. The smallest absolute Gasteiger partial charge is 0.257 e. The molecule has 0 aliphatic heterocycles. The monoisotopic (exact) mass is 369 g/mol. The molecule has 0 aliphatic carbocycles. The average Bonchev–Trinajstić information content (AvgIpc) is 3.09. The van der Waals surface area contributed by atoms with E-state index in [9.17, 15) is 14.0 Å². The predicted molar refractivity (Wildman–Crippen MR) is 99.4 cm³/mol. The number of amides is 2. The number of hydrogen-bond acceptors (Lipinski definition) is 4. The molecule has 0 aliphatic rings. The third-order valence-electron chi connectivity index (χ3n) is 3.62. The number of hydrogen-bond donors (Lipinski definition) is 2. The molecule has 1 heterocycles. The molecule has 5 nitrogen and oxygen atoms in total. The molecule has 1 aromatic heterocycles. The highest BCUT2D eigenvalue weighted by Crippen LogP contribution is 2.25. The van der Waals surface area contributed by atoms with Crippen molar-refractivity contribution in [2.75, 3.05) is 5.32 Å². The van der Waals surface area contributed by atoms with E-state index in [1.807, 2.05) is 0 Å². The van der Waals surface area contributed by atoms with Gasteiger partial charge in [-0.3, -0.25) is 14.9 Å². The molecule has 2 amide bonds. The predicted octanol–water partition coefficient (Wildman–Crippen LogP) is 3.84. The van der Waals surface area contributed by atoms with Crippen LogP contribution >= 0.6 is 11.3 Å². The first-order valence-corrected chi connectivity index (χ1v) is 8.75. The molecule has 26 heavy (non-hydrogen) atoms. The number of carbonyl (C=O) groups excluding carboxylic acids is 2. The lowest BCUT2D eigenvalue weighted by Gasteiger charge is -2.05. The number of anilines is 1. The van der Waals surface area contributed by atoms with E-state index in [0.29, 0.717) is 22.9 Å². The lowest BCUT2D eigenvalue weighted by molar-refractivity contribution is -0.119. The van der Waals surface area contributed by atoms with Gasteiger partial charge in [0.2, 0.25) is 5.91 Å². The van der Waals surface area contributed by atoms with Crippen molar-refractivity contribution in [3.05, 3.63) is 70.9 Å². The second-order valence-corrected chi connectivity index (χ2v) is 6.46. The quantitative estimate of drug-likeness (QED) is 0.718. The van der Waals surface area contributed by atoms with E-state index in [0.717, 1.165) is 11.1 Å². The second-order valence-electron chi connectivity index (χ2n) is 5.61. The Bertz CT molecular complexity index is 921. The normalized spacial score (nSPS) is 10.4. The van der Waals surface area contributed by atoms with Crippen LogP contribution in [-0.2, 0) is 11.3 Å². The molecule has 0 saturated heterocycles. The summed E-state index contributed by atoms with van der Waals surface area (Å²) in [5.74, 6) is -0.678. The Kier molecular flexibility index (Phi) is 5.38. The Labute approximate surface area is 153 Å². The van der Waals surface area contributed by atoms with Crippen LogP contribution in [0.5, 0.6) is 0 Å². The zero-order valence-corrected chi connectivity index (χ0v) is 14.8. The van der Waals surface area contributed by atoms with Crippen molar-refractivity contribution in [3.8, 4) is 11.3 Å². The maximum atomic E-state index is 13.0. The zero-order chi connectivity index (χ0) is 18.5. The Balaban J connectivity index is 1.64. The third-order valence-corrected chi connectivity index (χ3v) is 4.38. The maximum Gasteiger partial charge on any atom is 0.257 e. The molecule has 2 aromatic carbocycles. The molecule has 132 valence electrons. The van der Waals surface area contributed by atoms with Crippen LogP contribution in [-0.4, -0.2) is 16.8 Å². The fourth-order valence-electron chi connectivity index (χ4n) is 2.25. The van der Waals surface area contributed by atoms with Crippen LogP contribution in [0.4, 0.5) is 9.52 Å². The van der Waals surface area contributed by atoms with Crippen molar-refractivity contribution >= 4 is 28.3 Å². The highest BCUT2D eigenvalue weighted by molar-refractivity contribution is 7.14. The van der Waals surface area contributed by atoms with E-state index in [2.05, 4.69) is 15.6 Å². The highest BCUT2D eigenvalue weighted by Gasteiger charge is 2.10. The lowest BCUT2D eigenvalue weighted by Crippen LogP contribution is -2.19. The number of carbonyl (C=O) groups is 2. The molecule has 0 saturated carbocycles. The van der Waals surface area contributed by atoms with Gasteiger partial charge in [-0.05, 0) is 42.0 Å². The lowest BCUT2D eigenvalue weighted by atomic mass is 10.1. The summed E-state index contributed by atoms with van der Waals surface area (Å²) < 4.78 is 13.0. The van der Waals surface area contributed by atoms with E-state index in [-0.39, 0.29) is 17.6 Å². The van der Waals surface area contributed by atoms with Crippen LogP contribution in [0.2, 0.25) is 0 Å². The van der Waals surface area contributed by atoms with Crippen LogP contribution in [0.1, 0.15) is 22.8 Å². The number of benzene rings is 2. The minimum atomic E-state index is -0.306. The average molecular weight is 369 g/mol. The van der Waals surface area contributed by atoms with E-state index in [1.54, 1.807) is 41.8 Å². The molecule has 3 rings (SSSR count). The Morgan fingerprint density at radius 3 is 2.42 bits per heavy atom. The van der Waals surface area contributed by atoms with Crippen LogP contribution < -0.4 is 10.6 Å². The van der Waals surface area contributed by atoms with Crippen LogP contribution in [0.25, 0.3) is 11.3 Å². The number of aromatic nitrogens is 1. The molecular weight excluding hydrogens is 353 g/mol. The van der Waals surface area contributed by atoms with Crippen molar-refractivity contribution in [3.63, 3.8) is 0 Å². The number of halogens is 1. The number of rotatable bonds is 5. The Morgan fingerprint density at radius 2 is 1.77 bits per heavy atom. The first kappa shape index (κ1) is 17.8. The van der Waals surface area contributed by atoms with E-state index >= 15 is 0 Å². The second kappa shape index (κ2) is 7.88. The summed E-state index contributed by atoms with van der Waals surface area (Å²) in [5.41, 5.74) is 2.86. The van der Waals surface area contributed by atoms with Gasteiger partial charge in [-0.1, -0.05) is 12.1 Å². The summed E-state index contributed by atoms with van der Waals surface area (Å²) in [7, 11) is 0. The third kappa shape index (κ3) is 4.52. The molecule has 0 spiro atoms. The number of nitrogens with zero attached hydrogens (tertiary/aromatic N) is 1. The van der Waals surface area contributed by atoms with Crippen molar-refractivity contribution in [1.82, 2.24) is 10.3 Å². The fraction of sp³-hybridized carbons (Fsp3) is 0.105. The van der Waals surface area contributed by atoms with Gasteiger partial charge in [-0.2, -0.15) is 0 Å². The molecule has 0 radical (unpaired) electrons. The SMILES string of the molecule is CC(=O)NCc1ccc(C(=O)Nc2nc(-c3ccc(F)cc3)cs2)cc1. The van der Waals surface area contributed by atoms with Gasteiger partial charge >= 0.3 is 0 Å². The van der Waals surface area contributed by atoms with Crippen LogP contribution in [0.3, 0.4) is 0 Å². The minimum Gasteiger partial charge on any atom is -0.352 e. The Morgan fingerprint density at radius 1 is 1.08 bits per heavy atom. The van der Waals surface area contributed by atoms with Crippen molar-refractivity contribution in [2.45, 2.75) is 13.5 Å². The zero-order valence-electron chi connectivity index (χ0n) is 14.0. The fourth-order valence-corrected chi connectivity index (χ4v) is 2.97. The summed E-state index contributed by atoms with van der Waals surface area (Å²) in [4.78, 5) is 27.6. The molecule has 3 aromatic rings. The first-order valence-electron chi connectivity index (χ1n) is 7.87. The van der Waals surface area contributed by atoms with E-state index < -0.39 is 0 Å². The molecule has 2 N–H and O–H groups in total. The minimum absolute atomic E-state index is 0.104. The molecule has 0 atom stereocenters. The van der Waals surface area contributed by atoms with Crippen LogP contribution in [0, 0.1) is 5.82 Å². The van der Waals surface area contributed by atoms with Gasteiger partial charge in [-0.25, -0.2) is 9.37 Å². The van der Waals surface area contributed by atoms with E-state index in [4.69, 9.17) is 0 Å². The maximum absolute atomic E-state index is 13.0. The van der Waals surface area contributed by atoms with Gasteiger partial charge in [0.1, 0.15) is 5.82 Å². The Hall–Kier alpha value is -3.06. The molecule has 0 unspecified atom stereocenters. The molecular formula is C19H16FN3O2S. The van der Waals surface area contributed by atoms with Gasteiger partial charge in [-0.15, -0.1) is 11.3 Å². The van der Waals surface area contributed by atoms with Gasteiger partial charge in [0.25, 0.3) is 5.91 Å². The van der Waals surface area contributed by atoms with Crippen LogP contribution in [0.15, 0.2) is 53.9 Å². The van der Waals surface area contributed by atoms with Gasteiger partial charge in [0.05, 0.1) is 5.69 Å². The van der Waals surface area contributed by atoms with Crippen molar-refractivity contribution in [1.29, 1.82) is 0 Å².